The number of fused-ring (bicyclic) bond motifs is 1. The van der Waals surface area contributed by atoms with E-state index in [1.165, 1.54) is 54.8 Å². The molecule has 0 bridgehead atoms. The van der Waals surface area contributed by atoms with E-state index in [-0.39, 0.29) is 0 Å². The number of aryl methyl sites for hydroxylation is 1. The molecule has 2 nitrogen and oxygen atoms in total. The van der Waals surface area contributed by atoms with Gasteiger partial charge in [0.2, 0.25) is 0 Å². The molecule has 0 spiro atoms. The van der Waals surface area contributed by atoms with Gasteiger partial charge in [0.25, 0.3) is 0 Å². The van der Waals surface area contributed by atoms with Crippen molar-refractivity contribution in [2.45, 2.75) is 45.1 Å². The number of nitrogens with zero attached hydrogens (tertiary/aromatic N) is 1. The number of benzene rings is 1. The lowest BCUT2D eigenvalue weighted by atomic mass is 9.87. The molecule has 3 rings (SSSR count). The van der Waals surface area contributed by atoms with Gasteiger partial charge < -0.3 is 4.74 Å². The third-order valence-corrected chi connectivity index (χ3v) is 5.80. The first-order valence-electron chi connectivity index (χ1n) is 8.72. The van der Waals surface area contributed by atoms with Gasteiger partial charge in [0.1, 0.15) is 5.75 Å². The van der Waals surface area contributed by atoms with E-state index in [1.807, 2.05) is 11.3 Å². The first-order chi connectivity index (χ1) is 11.3. The largest absolute Gasteiger partial charge is 0.497 e. The SMILES string of the molecule is CCCN(CCc1cccs1)[C@H]1CCc2ccc(OC)cc2C1. The molecule has 0 fully saturated rings. The van der Waals surface area contributed by atoms with Gasteiger partial charge in [0, 0.05) is 17.5 Å². The van der Waals surface area contributed by atoms with E-state index >= 15 is 0 Å². The average Bonchev–Trinajstić information content (AvgIpc) is 3.11. The van der Waals surface area contributed by atoms with E-state index in [9.17, 15) is 0 Å². The lowest BCUT2D eigenvalue weighted by molar-refractivity contribution is 0.182. The fraction of sp³-hybridized carbons (Fsp3) is 0.500. The van der Waals surface area contributed by atoms with Gasteiger partial charge in [-0.3, -0.25) is 4.90 Å². The molecule has 0 N–H and O–H groups in total. The van der Waals surface area contributed by atoms with Crippen molar-refractivity contribution in [3.05, 3.63) is 51.7 Å². The lowest BCUT2D eigenvalue weighted by Gasteiger charge is -2.35. The Morgan fingerprint density at radius 3 is 2.87 bits per heavy atom. The molecule has 3 heteroatoms. The Morgan fingerprint density at radius 2 is 2.13 bits per heavy atom. The molecule has 0 amide bonds. The van der Waals surface area contributed by atoms with Crippen LogP contribution in [0, 0.1) is 0 Å². The molecule has 23 heavy (non-hydrogen) atoms. The van der Waals surface area contributed by atoms with Gasteiger partial charge in [0.15, 0.2) is 0 Å². The average molecular weight is 330 g/mol. The molecule has 2 aromatic rings. The van der Waals surface area contributed by atoms with Crippen molar-refractivity contribution in [1.29, 1.82) is 0 Å². The molecule has 1 atom stereocenters. The summed E-state index contributed by atoms with van der Waals surface area (Å²) >= 11 is 1.88. The maximum atomic E-state index is 5.41. The number of hydrogen-bond donors (Lipinski definition) is 0. The highest BCUT2D eigenvalue weighted by molar-refractivity contribution is 7.09. The van der Waals surface area contributed by atoms with Crippen molar-refractivity contribution >= 4 is 11.3 Å². The summed E-state index contributed by atoms with van der Waals surface area (Å²) in [6.45, 7) is 4.67. The minimum Gasteiger partial charge on any atom is -0.497 e. The van der Waals surface area contributed by atoms with Crippen molar-refractivity contribution in [1.82, 2.24) is 4.90 Å². The molecule has 1 aliphatic rings. The van der Waals surface area contributed by atoms with Gasteiger partial charge in [-0.25, -0.2) is 0 Å². The van der Waals surface area contributed by atoms with Gasteiger partial charge in [-0.15, -0.1) is 11.3 Å². The summed E-state index contributed by atoms with van der Waals surface area (Å²) in [5.74, 6) is 0.991. The van der Waals surface area contributed by atoms with Crippen LogP contribution in [-0.2, 0) is 19.3 Å². The fourth-order valence-electron chi connectivity index (χ4n) is 3.63. The first kappa shape index (κ1) is 16.5. The summed E-state index contributed by atoms with van der Waals surface area (Å²) in [7, 11) is 1.76. The number of ether oxygens (including phenoxy) is 1. The van der Waals surface area contributed by atoms with Crippen LogP contribution in [0.15, 0.2) is 35.7 Å². The number of rotatable bonds is 7. The summed E-state index contributed by atoms with van der Waals surface area (Å²) < 4.78 is 5.41. The van der Waals surface area contributed by atoms with Crippen molar-refractivity contribution in [3.63, 3.8) is 0 Å². The van der Waals surface area contributed by atoms with Crippen LogP contribution < -0.4 is 4.74 Å². The summed E-state index contributed by atoms with van der Waals surface area (Å²) in [5.41, 5.74) is 2.99. The summed E-state index contributed by atoms with van der Waals surface area (Å²) in [4.78, 5) is 4.21. The lowest BCUT2D eigenvalue weighted by Crippen LogP contribution is -2.41. The molecule has 0 saturated heterocycles. The predicted molar refractivity (Wildman–Crippen MR) is 98.7 cm³/mol. The van der Waals surface area contributed by atoms with E-state index < -0.39 is 0 Å². The minimum absolute atomic E-state index is 0.675. The first-order valence-corrected chi connectivity index (χ1v) is 9.60. The van der Waals surface area contributed by atoms with Gasteiger partial charge in [-0.1, -0.05) is 19.1 Å². The minimum atomic E-state index is 0.675. The van der Waals surface area contributed by atoms with E-state index in [0.29, 0.717) is 6.04 Å². The maximum Gasteiger partial charge on any atom is 0.119 e. The molecular weight excluding hydrogens is 302 g/mol. The van der Waals surface area contributed by atoms with Crippen LogP contribution in [0.3, 0.4) is 0 Å². The second kappa shape index (κ2) is 7.98. The molecule has 1 aromatic heterocycles. The highest BCUT2D eigenvalue weighted by Crippen LogP contribution is 2.28. The maximum absolute atomic E-state index is 5.41. The Bertz CT molecular complexity index is 608. The van der Waals surface area contributed by atoms with Crippen molar-refractivity contribution in [2.24, 2.45) is 0 Å². The summed E-state index contributed by atoms with van der Waals surface area (Å²) in [6, 6.07) is 11.7. The Hall–Kier alpha value is -1.32. The molecule has 1 aliphatic carbocycles. The zero-order chi connectivity index (χ0) is 16.1. The second-order valence-electron chi connectivity index (χ2n) is 6.40. The molecule has 1 heterocycles. The molecule has 0 saturated carbocycles. The van der Waals surface area contributed by atoms with Gasteiger partial charge in [-0.2, -0.15) is 0 Å². The normalized spacial score (nSPS) is 17.3. The van der Waals surface area contributed by atoms with Crippen LogP contribution in [0.5, 0.6) is 5.75 Å². The van der Waals surface area contributed by atoms with E-state index in [2.05, 4.69) is 47.5 Å². The fourth-order valence-corrected chi connectivity index (χ4v) is 4.32. The molecule has 124 valence electrons. The van der Waals surface area contributed by atoms with Crippen molar-refractivity contribution < 1.29 is 4.74 Å². The van der Waals surface area contributed by atoms with Crippen LogP contribution in [0.25, 0.3) is 0 Å². The van der Waals surface area contributed by atoms with E-state index in [1.54, 1.807) is 7.11 Å². The van der Waals surface area contributed by atoms with Gasteiger partial charge in [-0.05, 0) is 73.4 Å². The third kappa shape index (κ3) is 4.15. The molecule has 0 radical (unpaired) electrons. The van der Waals surface area contributed by atoms with E-state index in [0.717, 1.165) is 12.2 Å². The quantitative estimate of drug-likeness (QED) is 0.738. The Labute approximate surface area is 144 Å². The van der Waals surface area contributed by atoms with E-state index in [4.69, 9.17) is 4.74 Å². The predicted octanol–water partition coefficient (Wildman–Crippen LogP) is 4.57. The third-order valence-electron chi connectivity index (χ3n) is 4.87. The zero-order valence-electron chi connectivity index (χ0n) is 14.3. The Kier molecular flexibility index (Phi) is 5.74. The number of methoxy groups -OCH3 is 1. The zero-order valence-corrected chi connectivity index (χ0v) is 15.1. The summed E-state index contributed by atoms with van der Waals surface area (Å²) in [5, 5.41) is 2.18. The standard InChI is InChI=1S/C20H27NOS/c1-3-11-21(12-10-20-5-4-13-23-20)18-8-6-16-7-9-19(22-2)15-17(16)14-18/h4-5,7,9,13,15,18H,3,6,8,10-12,14H2,1-2H3/t18-/m0/s1. The number of thiophene rings is 1. The smallest absolute Gasteiger partial charge is 0.119 e. The van der Waals surface area contributed by atoms with Gasteiger partial charge >= 0.3 is 0 Å². The highest BCUT2D eigenvalue weighted by Gasteiger charge is 2.24. The Morgan fingerprint density at radius 1 is 1.22 bits per heavy atom. The molecular formula is C20H27NOS. The summed E-state index contributed by atoms with van der Waals surface area (Å²) in [6.07, 6.45) is 6.05. The van der Waals surface area contributed by atoms with Crippen LogP contribution >= 0.6 is 11.3 Å². The molecule has 0 aliphatic heterocycles. The topological polar surface area (TPSA) is 12.5 Å². The van der Waals surface area contributed by atoms with Crippen LogP contribution in [-0.4, -0.2) is 31.1 Å². The van der Waals surface area contributed by atoms with Gasteiger partial charge in [0.05, 0.1) is 7.11 Å². The number of hydrogen-bond acceptors (Lipinski definition) is 3. The van der Waals surface area contributed by atoms with Crippen molar-refractivity contribution in [2.75, 3.05) is 20.2 Å². The van der Waals surface area contributed by atoms with Crippen LogP contribution in [0.4, 0.5) is 0 Å². The van der Waals surface area contributed by atoms with Crippen LogP contribution in [0.2, 0.25) is 0 Å². The second-order valence-corrected chi connectivity index (χ2v) is 7.43. The monoisotopic (exact) mass is 329 g/mol. The molecule has 0 unspecified atom stereocenters. The van der Waals surface area contributed by atoms with Crippen molar-refractivity contribution in [3.8, 4) is 5.75 Å². The van der Waals surface area contributed by atoms with Crippen LogP contribution in [0.1, 0.15) is 35.8 Å². The highest BCUT2D eigenvalue weighted by atomic mass is 32.1. The Balaban J connectivity index is 1.67. The molecule has 1 aromatic carbocycles.